The largest absolute Gasteiger partial charge is 0.365 e. The Hall–Kier alpha value is -1.33. The molecule has 3 heterocycles. The van der Waals surface area contributed by atoms with Crippen LogP contribution in [0.5, 0.6) is 0 Å². The number of aromatic amines is 1. The summed E-state index contributed by atoms with van der Waals surface area (Å²) in [6, 6.07) is 3.59. The average Bonchev–Trinajstić information content (AvgIpc) is 2.88. The van der Waals surface area contributed by atoms with Crippen molar-refractivity contribution >= 4 is 28.5 Å². The second kappa shape index (κ2) is 5.81. The maximum absolute atomic E-state index is 6.01. The van der Waals surface area contributed by atoms with Gasteiger partial charge in [-0.2, -0.15) is 4.98 Å². The Bertz CT molecular complexity index is 624. The Morgan fingerprint density at radius 1 is 1.38 bits per heavy atom. The molecule has 6 heteroatoms. The first-order valence-electron chi connectivity index (χ1n) is 7.57. The van der Waals surface area contributed by atoms with Gasteiger partial charge in [-0.15, -0.1) is 0 Å². The fourth-order valence-electron chi connectivity index (χ4n) is 3.19. The van der Waals surface area contributed by atoms with Gasteiger partial charge in [0, 0.05) is 30.9 Å². The molecule has 21 heavy (non-hydrogen) atoms. The Labute approximate surface area is 130 Å². The molecular formula is C15H22ClN5. The molecule has 1 saturated heterocycles. The van der Waals surface area contributed by atoms with Crippen molar-refractivity contribution in [3.63, 3.8) is 0 Å². The lowest BCUT2D eigenvalue weighted by atomic mass is 9.98. The van der Waals surface area contributed by atoms with Crippen LogP contribution in [0.4, 0.5) is 5.82 Å². The van der Waals surface area contributed by atoms with E-state index in [2.05, 4.69) is 45.9 Å². The average molecular weight is 308 g/mol. The van der Waals surface area contributed by atoms with Crippen molar-refractivity contribution in [1.29, 1.82) is 0 Å². The summed E-state index contributed by atoms with van der Waals surface area (Å²) in [5, 5.41) is 4.83. The zero-order valence-electron chi connectivity index (χ0n) is 12.7. The molecule has 5 nitrogen and oxygen atoms in total. The summed E-state index contributed by atoms with van der Waals surface area (Å²) in [4.78, 5) is 14.2. The van der Waals surface area contributed by atoms with E-state index in [1.54, 1.807) is 0 Å². The highest BCUT2D eigenvalue weighted by molar-refractivity contribution is 6.28. The maximum Gasteiger partial charge on any atom is 0.226 e. The van der Waals surface area contributed by atoms with Gasteiger partial charge >= 0.3 is 0 Å². The highest BCUT2D eigenvalue weighted by Gasteiger charge is 2.27. The Morgan fingerprint density at radius 3 is 2.95 bits per heavy atom. The summed E-state index contributed by atoms with van der Waals surface area (Å²) in [7, 11) is 0. The second-order valence-corrected chi connectivity index (χ2v) is 6.48. The summed E-state index contributed by atoms with van der Waals surface area (Å²) >= 11 is 6.01. The minimum absolute atomic E-state index is 0.275. The highest BCUT2D eigenvalue weighted by Crippen LogP contribution is 2.25. The third-order valence-corrected chi connectivity index (χ3v) is 4.49. The number of halogens is 1. The standard InChI is InChI=1S/C15H22ClN5/c1-9(2)21-8-11(5-4-10(21)3)18-14-12-6-7-17-13(12)19-15(16)20-14/h6-7,9-11H,4-5,8H2,1-3H3,(H2,17,18,19,20)/t10-,11+/m0/s1. The van der Waals surface area contributed by atoms with Crippen molar-refractivity contribution in [2.24, 2.45) is 0 Å². The third-order valence-electron chi connectivity index (χ3n) is 4.32. The fourth-order valence-corrected chi connectivity index (χ4v) is 3.36. The number of fused-ring (bicyclic) bond motifs is 1. The zero-order chi connectivity index (χ0) is 15.0. The number of H-pyrrole nitrogens is 1. The predicted octanol–water partition coefficient (Wildman–Crippen LogP) is 3.28. The summed E-state index contributed by atoms with van der Waals surface area (Å²) in [6.45, 7) is 7.85. The second-order valence-electron chi connectivity index (χ2n) is 6.14. The van der Waals surface area contributed by atoms with Crippen molar-refractivity contribution in [2.45, 2.75) is 51.7 Å². The molecule has 3 rings (SSSR count). The number of likely N-dealkylation sites (tertiary alicyclic amines) is 1. The number of anilines is 1. The number of nitrogens with one attached hydrogen (secondary N) is 2. The molecule has 2 aromatic rings. The van der Waals surface area contributed by atoms with Crippen LogP contribution in [0.1, 0.15) is 33.6 Å². The lowest BCUT2D eigenvalue weighted by Crippen LogP contribution is -2.49. The number of piperidine rings is 1. The van der Waals surface area contributed by atoms with Gasteiger partial charge in [-0.05, 0) is 51.3 Å². The summed E-state index contributed by atoms with van der Waals surface area (Å²) in [6.07, 6.45) is 4.22. The molecule has 0 saturated carbocycles. The first kappa shape index (κ1) is 14.6. The van der Waals surface area contributed by atoms with Crippen LogP contribution in [0.25, 0.3) is 11.0 Å². The van der Waals surface area contributed by atoms with E-state index >= 15 is 0 Å². The van der Waals surface area contributed by atoms with E-state index < -0.39 is 0 Å². The van der Waals surface area contributed by atoms with Crippen LogP contribution in [0, 0.1) is 0 Å². The molecule has 0 spiro atoms. The van der Waals surface area contributed by atoms with Gasteiger partial charge in [-0.3, -0.25) is 4.90 Å². The molecule has 114 valence electrons. The number of rotatable bonds is 3. The van der Waals surface area contributed by atoms with Crippen LogP contribution in [0.3, 0.4) is 0 Å². The SMILES string of the molecule is CC(C)N1C[C@H](Nc2nc(Cl)nc3[nH]ccc23)CC[C@@H]1C. The lowest BCUT2D eigenvalue weighted by molar-refractivity contribution is 0.115. The molecule has 0 aliphatic carbocycles. The zero-order valence-corrected chi connectivity index (χ0v) is 13.5. The van der Waals surface area contributed by atoms with Gasteiger partial charge in [0.1, 0.15) is 11.5 Å². The molecule has 0 radical (unpaired) electrons. The number of aromatic nitrogens is 3. The molecule has 1 fully saturated rings. The number of hydrogen-bond acceptors (Lipinski definition) is 4. The quantitative estimate of drug-likeness (QED) is 0.854. The van der Waals surface area contributed by atoms with Gasteiger partial charge < -0.3 is 10.3 Å². The van der Waals surface area contributed by atoms with Crippen LogP contribution >= 0.6 is 11.6 Å². The Morgan fingerprint density at radius 2 is 2.19 bits per heavy atom. The Kier molecular flexibility index (Phi) is 4.04. The minimum Gasteiger partial charge on any atom is -0.365 e. The first-order chi connectivity index (χ1) is 10.0. The summed E-state index contributed by atoms with van der Waals surface area (Å²) in [5.74, 6) is 0.828. The molecule has 0 aromatic carbocycles. The molecular weight excluding hydrogens is 286 g/mol. The van der Waals surface area contributed by atoms with Crippen LogP contribution in [-0.2, 0) is 0 Å². The van der Waals surface area contributed by atoms with E-state index in [9.17, 15) is 0 Å². The highest BCUT2D eigenvalue weighted by atomic mass is 35.5. The van der Waals surface area contributed by atoms with Crippen molar-refractivity contribution in [3.8, 4) is 0 Å². The van der Waals surface area contributed by atoms with Gasteiger partial charge in [0.05, 0.1) is 5.39 Å². The van der Waals surface area contributed by atoms with Crippen LogP contribution < -0.4 is 5.32 Å². The fraction of sp³-hybridized carbons (Fsp3) is 0.600. The van der Waals surface area contributed by atoms with Gasteiger partial charge in [-0.1, -0.05) is 0 Å². The van der Waals surface area contributed by atoms with E-state index in [-0.39, 0.29) is 5.28 Å². The van der Waals surface area contributed by atoms with Crippen molar-refractivity contribution in [1.82, 2.24) is 19.9 Å². The van der Waals surface area contributed by atoms with Crippen molar-refractivity contribution in [2.75, 3.05) is 11.9 Å². The number of hydrogen-bond donors (Lipinski definition) is 2. The maximum atomic E-state index is 6.01. The molecule has 2 N–H and O–H groups in total. The molecule has 1 aliphatic heterocycles. The predicted molar refractivity (Wildman–Crippen MR) is 86.8 cm³/mol. The Balaban J connectivity index is 1.80. The molecule has 0 bridgehead atoms. The van der Waals surface area contributed by atoms with Crippen LogP contribution in [-0.4, -0.2) is 44.5 Å². The van der Waals surface area contributed by atoms with Gasteiger partial charge in [-0.25, -0.2) is 4.98 Å². The van der Waals surface area contributed by atoms with Gasteiger partial charge in [0.2, 0.25) is 5.28 Å². The number of nitrogens with zero attached hydrogens (tertiary/aromatic N) is 3. The monoisotopic (exact) mass is 307 g/mol. The van der Waals surface area contributed by atoms with E-state index in [4.69, 9.17) is 11.6 Å². The third kappa shape index (κ3) is 2.99. The first-order valence-corrected chi connectivity index (χ1v) is 7.95. The van der Waals surface area contributed by atoms with Crippen molar-refractivity contribution in [3.05, 3.63) is 17.5 Å². The van der Waals surface area contributed by atoms with Crippen LogP contribution in [0.15, 0.2) is 12.3 Å². The van der Waals surface area contributed by atoms with Gasteiger partial charge in [0.25, 0.3) is 0 Å². The topological polar surface area (TPSA) is 56.8 Å². The van der Waals surface area contributed by atoms with E-state index in [0.717, 1.165) is 29.8 Å². The van der Waals surface area contributed by atoms with Crippen LogP contribution in [0.2, 0.25) is 5.28 Å². The van der Waals surface area contributed by atoms with E-state index in [0.29, 0.717) is 18.1 Å². The summed E-state index contributed by atoms with van der Waals surface area (Å²) < 4.78 is 0. The molecule has 1 aliphatic rings. The van der Waals surface area contributed by atoms with E-state index in [1.165, 1.54) is 6.42 Å². The molecule has 0 unspecified atom stereocenters. The molecule has 2 atom stereocenters. The normalized spacial score (nSPS) is 23.9. The molecule has 2 aromatic heterocycles. The van der Waals surface area contributed by atoms with Crippen molar-refractivity contribution < 1.29 is 0 Å². The lowest BCUT2D eigenvalue weighted by Gasteiger charge is -2.41. The van der Waals surface area contributed by atoms with E-state index in [1.807, 2.05) is 12.3 Å². The molecule has 0 amide bonds. The smallest absolute Gasteiger partial charge is 0.226 e. The van der Waals surface area contributed by atoms with Gasteiger partial charge in [0.15, 0.2) is 0 Å². The minimum atomic E-state index is 0.275. The summed E-state index contributed by atoms with van der Waals surface area (Å²) in [5.41, 5.74) is 0.780.